The topological polar surface area (TPSA) is 38.3 Å². The van der Waals surface area contributed by atoms with E-state index in [1.807, 2.05) is 6.92 Å². The summed E-state index contributed by atoms with van der Waals surface area (Å²) in [5.41, 5.74) is 3.83. The van der Waals surface area contributed by atoms with Gasteiger partial charge in [0.2, 0.25) is 0 Å². The molecular formula is C17H27NO2S. The zero-order valence-electron chi connectivity index (χ0n) is 13.5. The number of nitrogens with one attached hydrogen (secondary N) is 1. The minimum Gasteiger partial charge on any atom is -0.377 e. The fraction of sp³-hybridized carbons (Fsp3) is 0.647. The van der Waals surface area contributed by atoms with Gasteiger partial charge in [0.1, 0.15) is 0 Å². The van der Waals surface area contributed by atoms with Crippen molar-refractivity contribution in [1.82, 2.24) is 5.32 Å². The van der Waals surface area contributed by atoms with Gasteiger partial charge in [0.05, 0.1) is 11.4 Å². The number of ether oxygens (including phenoxy) is 1. The monoisotopic (exact) mass is 309 g/mol. The molecule has 1 heterocycles. The van der Waals surface area contributed by atoms with Crippen LogP contribution >= 0.6 is 0 Å². The van der Waals surface area contributed by atoms with E-state index in [0.717, 1.165) is 19.6 Å². The van der Waals surface area contributed by atoms with Gasteiger partial charge in [0.25, 0.3) is 0 Å². The quantitative estimate of drug-likeness (QED) is 0.878. The molecule has 0 bridgehead atoms. The molecule has 0 saturated carbocycles. The largest absolute Gasteiger partial charge is 0.377 e. The fourth-order valence-electron chi connectivity index (χ4n) is 2.85. The minimum absolute atomic E-state index is 0.118. The molecule has 0 radical (unpaired) electrons. The second-order valence-electron chi connectivity index (χ2n) is 5.90. The maximum Gasteiger partial charge on any atom is 0.0691 e. The van der Waals surface area contributed by atoms with Crippen molar-refractivity contribution in [3.63, 3.8) is 0 Å². The number of benzene rings is 1. The van der Waals surface area contributed by atoms with Crippen molar-refractivity contribution in [3.05, 3.63) is 34.9 Å². The summed E-state index contributed by atoms with van der Waals surface area (Å²) in [6.45, 7) is 10.0. The van der Waals surface area contributed by atoms with E-state index in [0.29, 0.717) is 5.75 Å². The third-order valence-electron chi connectivity index (χ3n) is 4.36. The predicted molar refractivity (Wildman–Crippen MR) is 89.2 cm³/mol. The van der Waals surface area contributed by atoms with E-state index in [2.05, 4.69) is 44.3 Å². The lowest BCUT2D eigenvalue weighted by molar-refractivity contribution is 0.127. The van der Waals surface area contributed by atoms with Crippen LogP contribution in [0.15, 0.2) is 18.2 Å². The Bertz CT molecular complexity index is 504. The average molecular weight is 309 g/mol. The Morgan fingerprint density at radius 3 is 2.71 bits per heavy atom. The fourth-order valence-corrected chi connectivity index (χ4v) is 4.60. The molecule has 4 atom stereocenters. The van der Waals surface area contributed by atoms with Crippen molar-refractivity contribution in [2.45, 2.75) is 51.5 Å². The van der Waals surface area contributed by atoms with E-state index in [4.69, 9.17) is 4.74 Å². The van der Waals surface area contributed by atoms with Crippen LogP contribution in [-0.2, 0) is 15.5 Å². The van der Waals surface area contributed by atoms with E-state index in [-0.39, 0.29) is 17.4 Å². The lowest BCUT2D eigenvalue weighted by atomic mass is 10.0. The molecule has 0 aromatic heterocycles. The Morgan fingerprint density at radius 2 is 2.14 bits per heavy atom. The third-order valence-corrected chi connectivity index (χ3v) is 6.32. The summed E-state index contributed by atoms with van der Waals surface area (Å²) in [5, 5.41) is 3.66. The van der Waals surface area contributed by atoms with E-state index in [1.54, 1.807) is 0 Å². The van der Waals surface area contributed by atoms with E-state index >= 15 is 0 Å². The Kier molecular flexibility index (Phi) is 5.97. The molecule has 21 heavy (non-hydrogen) atoms. The molecule has 1 aliphatic heterocycles. The Hall–Kier alpha value is -0.710. The molecular weight excluding hydrogens is 282 g/mol. The molecule has 0 aliphatic carbocycles. The molecule has 1 aromatic carbocycles. The van der Waals surface area contributed by atoms with Crippen LogP contribution < -0.4 is 5.32 Å². The molecule has 4 heteroatoms. The highest BCUT2D eigenvalue weighted by atomic mass is 32.2. The van der Waals surface area contributed by atoms with Crippen LogP contribution in [0.25, 0.3) is 0 Å². The van der Waals surface area contributed by atoms with Crippen LogP contribution in [0.4, 0.5) is 0 Å². The summed E-state index contributed by atoms with van der Waals surface area (Å²) in [7, 11) is -0.857. The van der Waals surface area contributed by atoms with Gasteiger partial charge in [0, 0.05) is 29.2 Å². The summed E-state index contributed by atoms with van der Waals surface area (Å²) in [6.07, 6.45) is 1.03. The van der Waals surface area contributed by atoms with Gasteiger partial charge in [-0.05, 0) is 50.4 Å². The normalized spacial score (nSPS) is 25.0. The number of hydrogen-bond acceptors (Lipinski definition) is 3. The van der Waals surface area contributed by atoms with Crippen LogP contribution in [0.1, 0.15) is 43.0 Å². The van der Waals surface area contributed by atoms with E-state index < -0.39 is 10.8 Å². The first kappa shape index (κ1) is 16.7. The first-order valence-electron chi connectivity index (χ1n) is 7.82. The number of aryl methyl sites for hydroxylation is 2. The maximum absolute atomic E-state index is 12.7. The zero-order chi connectivity index (χ0) is 15.4. The van der Waals surface area contributed by atoms with E-state index in [1.165, 1.54) is 16.7 Å². The molecule has 2 rings (SSSR count). The Labute approximate surface area is 130 Å². The molecule has 1 saturated heterocycles. The highest BCUT2D eigenvalue weighted by molar-refractivity contribution is 7.85. The summed E-state index contributed by atoms with van der Waals surface area (Å²) in [5.74, 6) is 0.661. The zero-order valence-corrected chi connectivity index (χ0v) is 14.3. The highest BCUT2D eigenvalue weighted by Gasteiger charge is 2.31. The van der Waals surface area contributed by atoms with Gasteiger partial charge in [-0.15, -0.1) is 0 Å². The molecule has 0 amide bonds. The van der Waals surface area contributed by atoms with Crippen molar-refractivity contribution in [3.8, 4) is 0 Å². The van der Waals surface area contributed by atoms with Crippen molar-refractivity contribution in [2.24, 2.45) is 0 Å². The smallest absolute Gasteiger partial charge is 0.0691 e. The lowest BCUT2D eigenvalue weighted by Crippen LogP contribution is -2.32. The second kappa shape index (κ2) is 7.52. The average Bonchev–Trinajstić information content (AvgIpc) is 2.87. The van der Waals surface area contributed by atoms with Gasteiger partial charge in [-0.25, -0.2) is 0 Å². The van der Waals surface area contributed by atoms with E-state index in [9.17, 15) is 4.21 Å². The van der Waals surface area contributed by atoms with Gasteiger partial charge in [-0.3, -0.25) is 4.21 Å². The molecule has 1 N–H and O–H groups in total. The SMILES string of the molecule is CCNC(CS(=O)C1CCOC1C)c1ccc(C)c(C)c1. The molecule has 0 spiro atoms. The summed E-state index contributed by atoms with van der Waals surface area (Å²) in [4.78, 5) is 0. The maximum atomic E-state index is 12.7. The van der Waals surface area contributed by atoms with Gasteiger partial charge < -0.3 is 10.1 Å². The molecule has 1 aliphatic rings. The van der Waals surface area contributed by atoms with Crippen LogP contribution in [-0.4, -0.2) is 34.5 Å². The lowest BCUT2D eigenvalue weighted by Gasteiger charge is -2.22. The van der Waals surface area contributed by atoms with Gasteiger partial charge in [0.15, 0.2) is 0 Å². The first-order valence-corrected chi connectivity index (χ1v) is 9.20. The number of rotatable bonds is 6. The standard InChI is InChI=1S/C17H27NO2S/c1-5-18-16(15-7-6-12(2)13(3)10-15)11-21(19)17-8-9-20-14(17)4/h6-7,10,14,16-18H,5,8-9,11H2,1-4H3. The summed E-state index contributed by atoms with van der Waals surface area (Å²) in [6, 6.07) is 6.68. The third kappa shape index (κ3) is 4.15. The molecule has 1 aromatic rings. The van der Waals surface area contributed by atoms with Crippen LogP contribution in [0.3, 0.4) is 0 Å². The van der Waals surface area contributed by atoms with Crippen molar-refractivity contribution in [2.75, 3.05) is 18.9 Å². The summed E-state index contributed by atoms with van der Waals surface area (Å²) < 4.78 is 18.2. The van der Waals surface area contributed by atoms with Gasteiger partial charge in [-0.1, -0.05) is 25.1 Å². The molecule has 118 valence electrons. The van der Waals surface area contributed by atoms with Crippen molar-refractivity contribution in [1.29, 1.82) is 0 Å². The van der Waals surface area contributed by atoms with Crippen LogP contribution in [0, 0.1) is 13.8 Å². The van der Waals surface area contributed by atoms with Gasteiger partial charge >= 0.3 is 0 Å². The van der Waals surface area contributed by atoms with Gasteiger partial charge in [-0.2, -0.15) is 0 Å². The molecule has 1 fully saturated rings. The first-order chi connectivity index (χ1) is 10.0. The summed E-state index contributed by atoms with van der Waals surface area (Å²) >= 11 is 0. The minimum atomic E-state index is -0.857. The van der Waals surface area contributed by atoms with Crippen molar-refractivity contribution < 1.29 is 8.95 Å². The van der Waals surface area contributed by atoms with Crippen molar-refractivity contribution >= 4 is 10.8 Å². The van der Waals surface area contributed by atoms with Crippen LogP contribution in [0.2, 0.25) is 0 Å². The van der Waals surface area contributed by atoms with Crippen LogP contribution in [0.5, 0.6) is 0 Å². The second-order valence-corrected chi connectivity index (χ2v) is 7.60. The Balaban J connectivity index is 2.11. The molecule has 3 nitrogen and oxygen atoms in total. The molecule has 4 unspecified atom stereocenters. The number of hydrogen-bond donors (Lipinski definition) is 1. The Morgan fingerprint density at radius 1 is 1.38 bits per heavy atom. The predicted octanol–water partition coefficient (Wildman–Crippen LogP) is 2.88. The highest BCUT2D eigenvalue weighted by Crippen LogP contribution is 2.23.